The average molecular weight is 363 g/mol. The van der Waals surface area contributed by atoms with Gasteiger partial charge in [-0.25, -0.2) is 18.2 Å². The van der Waals surface area contributed by atoms with Crippen LogP contribution in [0.4, 0.5) is 5.13 Å². The van der Waals surface area contributed by atoms with Crippen molar-refractivity contribution in [2.75, 3.05) is 4.72 Å². The molecule has 2 rings (SSSR count). The summed E-state index contributed by atoms with van der Waals surface area (Å²) in [5.41, 5.74) is -0.196. The molecule has 1 aromatic heterocycles. The highest BCUT2D eigenvalue weighted by Gasteiger charge is 2.17. The van der Waals surface area contributed by atoms with E-state index in [-0.39, 0.29) is 15.7 Å². The third kappa shape index (κ3) is 3.31. The Bertz CT molecular complexity index is 709. The zero-order valence-electron chi connectivity index (χ0n) is 9.20. The molecule has 0 spiro atoms. The lowest BCUT2D eigenvalue weighted by molar-refractivity contribution is 0.0691. The van der Waals surface area contributed by atoms with Crippen LogP contribution < -0.4 is 4.72 Å². The minimum Gasteiger partial charge on any atom is -0.476 e. The molecule has 0 bridgehead atoms. The number of rotatable bonds is 4. The fourth-order valence-corrected chi connectivity index (χ4v) is 3.41. The number of nitrogens with one attached hydrogen (secondary N) is 1. The second-order valence-electron chi connectivity index (χ2n) is 3.40. The maximum Gasteiger partial charge on any atom is 0.355 e. The summed E-state index contributed by atoms with van der Waals surface area (Å²) >= 11 is 4.12. The quantitative estimate of drug-likeness (QED) is 0.870. The maximum atomic E-state index is 12.0. The Balaban J connectivity index is 2.25. The second-order valence-corrected chi connectivity index (χ2v) is 6.86. The lowest BCUT2D eigenvalue weighted by Gasteiger charge is -2.04. The smallest absolute Gasteiger partial charge is 0.355 e. The lowest BCUT2D eigenvalue weighted by Crippen LogP contribution is -2.12. The molecule has 19 heavy (non-hydrogen) atoms. The number of aromatic carboxylic acids is 1. The van der Waals surface area contributed by atoms with Crippen LogP contribution in [0.2, 0.25) is 0 Å². The number of hydrogen-bond acceptors (Lipinski definition) is 5. The first-order chi connectivity index (χ1) is 8.88. The SMILES string of the molecule is O=C(O)c1csc(NS(=O)(=O)c2ccc(Br)cc2)n1. The topological polar surface area (TPSA) is 96.4 Å². The van der Waals surface area contributed by atoms with Crippen molar-refractivity contribution in [1.29, 1.82) is 0 Å². The van der Waals surface area contributed by atoms with Gasteiger partial charge in [0.2, 0.25) is 0 Å². The molecular weight excluding hydrogens is 356 g/mol. The van der Waals surface area contributed by atoms with Crippen molar-refractivity contribution in [1.82, 2.24) is 4.98 Å². The Morgan fingerprint density at radius 2 is 1.95 bits per heavy atom. The molecule has 1 heterocycles. The Morgan fingerprint density at radius 3 is 2.47 bits per heavy atom. The summed E-state index contributed by atoms with van der Waals surface area (Å²) in [5, 5.41) is 9.99. The standard InChI is InChI=1S/C10H7BrN2O4S2/c11-6-1-3-7(4-2-6)19(16,17)13-10-12-8(5-18-10)9(14)15/h1-5H,(H,12,13)(H,14,15). The van der Waals surface area contributed by atoms with E-state index < -0.39 is 16.0 Å². The number of anilines is 1. The molecule has 9 heteroatoms. The number of carboxylic acids is 1. The minimum atomic E-state index is -3.76. The minimum absolute atomic E-state index is 0.0142. The molecule has 0 atom stereocenters. The first-order valence-corrected chi connectivity index (χ1v) is 8.01. The Hall–Kier alpha value is -1.45. The molecule has 2 N–H and O–H groups in total. The third-order valence-electron chi connectivity index (χ3n) is 2.07. The van der Waals surface area contributed by atoms with Gasteiger partial charge in [-0.1, -0.05) is 15.9 Å². The van der Waals surface area contributed by atoms with Crippen LogP contribution in [-0.4, -0.2) is 24.5 Å². The fourth-order valence-electron chi connectivity index (χ4n) is 1.21. The first kappa shape index (κ1) is 14.0. The van der Waals surface area contributed by atoms with Crippen LogP contribution in [0.25, 0.3) is 0 Å². The predicted octanol–water partition coefficient (Wildman–Crippen LogP) is 2.40. The van der Waals surface area contributed by atoms with Gasteiger partial charge in [-0.15, -0.1) is 11.3 Å². The molecule has 1 aromatic carbocycles. The average Bonchev–Trinajstić information content (AvgIpc) is 2.77. The maximum absolute atomic E-state index is 12.0. The fraction of sp³-hybridized carbons (Fsp3) is 0. The van der Waals surface area contributed by atoms with Gasteiger partial charge in [-0.05, 0) is 24.3 Å². The van der Waals surface area contributed by atoms with Crippen molar-refractivity contribution in [3.63, 3.8) is 0 Å². The van der Waals surface area contributed by atoms with Gasteiger partial charge in [0.1, 0.15) is 0 Å². The van der Waals surface area contributed by atoms with E-state index in [0.717, 1.165) is 15.8 Å². The zero-order chi connectivity index (χ0) is 14.0. The molecule has 100 valence electrons. The molecule has 0 aliphatic heterocycles. The van der Waals surface area contributed by atoms with E-state index in [9.17, 15) is 13.2 Å². The largest absolute Gasteiger partial charge is 0.476 e. The van der Waals surface area contributed by atoms with Crippen LogP contribution in [0.5, 0.6) is 0 Å². The summed E-state index contributed by atoms with van der Waals surface area (Å²) in [4.78, 5) is 14.4. The number of aromatic nitrogens is 1. The molecule has 0 amide bonds. The Kier molecular flexibility index (Phi) is 3.88. The molecule has 2 aromatic rings. The van der Waals surface area contributed by atoms with Gasteiger partial charge in [0.25, 0.3) is 10.0 Å². The molecule has 0 saturated heterocycles. The van der Waals surface area contributed by atoms with Gasteiger partial charge in [-0.3, -0.25) is 4.72 Å². The van der Waals surface area contributed by atoms with Crippen LogP contribution in [0.3, 0.4) is 0 Å². The van der Waals surface area contributed by atoms with Gasteiger partial charge in [-0.2, -0.15) is 0 Å². The zero-order valence-corrected chi connectivity index (χ0v) is 12.4. The third-order valence-corrected chi connectivity index (χ3v) is 4.84. The highest BCUT2D eigenvalue weighted by Crippen LogP contribution is 2.21. The number of halogens is 1. The Morgan fingerprint density at radius 1 is 1.32 bits per heavy atom. The van der Waals surface area contributed by atoms with Crippen LogP contribution in [-0.2, 0) is 10.0 Å². The van der Waals surface area contributed by atoms with Gasteiger partial charge < -0.3 is 5.11 Å². The number of benzene rings is 1. The van der Waals surface area contributed by atoms with E-state index in [1.165, 1.54) is 17.5 Å². The second kappa shape index (κ2) is 5.27. The van der Waals surface area contributed by atoms with Crippen molar-refractivity contribution in [2.45, 2.75) is 4.90 Å². The molecule has 0 unspecified atom stereocenters. The van der Waals surface area contributed by atoms with E-state index in [1.54, 1.807) is 12.1 Å². The molecule has 0 saturated carbocycles. The molecule has 6 nitrogen and oxygen atoms in total. The van der Waals surface area contributed by atoms with Crippen molar-refractivity contribution < 1.29 is 18.3 Å². The first-order valence-electron chi connectivity index (χ1n) is 4.86. The number of sulfonamides is 1. The molecular formula is C10H7BrN2O4S2. The highest BCUT2D eigenvalue weighted by molar-refractivity contribution is 9.10. The number of nitrogens with zero attached hydrogens (tertiary/aromatic N) is 1. The van der Waals surface area contributed by atoms with Gasteiger partial charge in [0.15, 0.2) is 10.8 Å². The molecule has 0 aliphatic rings. The Labute approximate surface area is 121 Å². The van der Waals surface area contributed by atoms with Crippen LogP contribution in [0.1, 0.15) is 10.5 Å². The number of hydrogen-bond donors (Lipinski definition) is 2. The van der Waals surface area contributed by atoms with Crippen molar-refractivity contribution in [2.24, 2.45) is 0 Å². The van der Waals surface area contributed by atoms with Crippen molar-refractivity contribution in [3.8, 4) is 0 Å². The predicted molar refractivity (Wildman–Crippen MR) is 74.0 cm³/mol. The monoisotopic (exact) mass is 362 g/mol. The van der Waals surface area contributed by atoms with E-state index in [1.807, 2.05) is 0 Å². The molecule has 0 radical (unpaired) electrons. The summed E-state index contributed by atoms with van der Waals surface area (Å²) in [6, 6.07) is 6.05. The lowest BCUT2D eigenvalue weighted by atomic mass is 10.4. The normalized spacial score (nSPS) is 11.2. The summed E-state index contributed by atoms with van der Waals surface area (Å²) in [5.74, 6) is -1.20. The number of carboxylic acid groups (broad SMARTS) is 1. The van der Waals surface area contributed by atoms with Crippen molar-refractivity contribution >= 4 is 48.4 Å². The molecule has 0 fully saturated rings. The van der Waals surface area contributed by atoms with Crippen LogP contribution >= 0.6 is 27.3 Å². The van der Waals surface area contributed by atoms with Gasteiger partial charge >= 0.3 is 5.97 Å². The van der Waals surface area contributed by atoms with Gasteiger partial charge in [0.05, 0.1) is 4.90 Å². The van der Waals surface area contributed by atoms with Crippen molar-refractivity contribution in [3.05, 3.63) is 39.8 Å². The van der Waals surface area contributed by atoms with Crippen LogP contribution in [0, 0.1) is 0 Å². The van der Waals surface area contributed by atoms with Gasteiger partial charge in [0, 0.05) is 9.85 Å². The number of thiazole rings is 1. The number of carbonyl (C=O) groups is 1. The summed E-state index contributed by atoms with van der Waals surface area (Å²) < 4.78 is 27.0. The summed E-state index contributed by atoms with van der Waals surface area (Å²) in [6.07, 6.45) is 0. The van der Waals surface area contributed by atoms with E-state index >= 15 is 0 Å². The van der Waals surface area contributed by atoms with E-state index in [4.69, 9.17) is 5.11 Å². The highest BCUT2D eigenvalue weighted by atomic mass is 79.9. The molecule has 0 aliphatic carbocycles. The van der Waals surface area contributed by atoms with E-state index in [2.05, 4.69) is 25.6 Å². The van der Waals surface area contributed by atoms with Crippen LogP contribution in [0.15, 0.2) is 39.0 Å². The summed E-state index contributed by atoms with van der Waals surface area (Å²) in [6.45, 7) is 0. The summed E-state index contributed by atoms with van der Waals surface area (Å²) in [7, 11) is -3.76. The van der Waals surface area contributed by atoms with E-state index in [0.29, 0.717) is 0 Å².